The number of rotatable bonds is 36. The predicted octanol–water partition coefficient (Wildman–Crippen LogP) is 17.7. The lowest BCUT2D eigenvalue weighted by molar-refractivity contribution is -0.198. The molecule has 6 heteroatoms. The van der Waals surface area contributed by atoms with Crippen molar-refractivity contribution in [1.82, 2.24) is 0 Å². The Labute approximate surface area is 406 Å². The fourth-order valence-corrected chi connectivity index (χ4v) is 14.1. The number of hydrogen-bond acceptors (Lipinski definition) is 5. The van der Waals surface area contributed by atoms with Crippen molar-refractivity contribution in [3.63, 3.8) is 0 Å². The first-order valence-electron chi connectivity index (χ1n) is 28.9. The Morgan fingerprint density at radius 2 is 1.00 bits per heavy atom. The van der Waals surface area contributed by atoms with E-state index >= 15 is 0 Å². The lowest BCUT2D eigenvalue weighted by Crippen LogP contribution is -2.59. The molecule has 0 saturated heterocycles. The molecular formula is C60H104O6. The molecule has 380 valence electrons. The molecule has 0 unspecified atom stereocenters. The predicted molar refractivity (Wildman–Crippen MR) is 275 cm³/mol. The van der Waals surface area contributed by atoms with Crippen LogP contribution in [0.5, 0.6) is 0 Å². The van der Waals surface area contributed by atoms with Gasteiger partial charge in [0, 0.05) is 25.2 Å². The number of esters is 2. The molecule has 0 heterocycles. The zero-order valence-electron chi connectivity index (χ0n) is 43.8. The molecule has 10 atom stereocenters. The lowest BCUT2D eigenvalue weighted by Gasteiger charge is -2.62. The minimum atomic E-state index is -0.695. The Bertz CT molecular complexity index is 1400. The summed E-state index contributed by atoms with van der Waals surface area (Å²) in [6, 6.07) is 0. The Morgan fingerprint density at radius 1 is 0.545 bits per heavy atom. The van der Waals surface area contributed by atoms with E-state index in [1.165, 1.54) is 148 Å². The van der Waals surface area contributed by atoms with Gasteiger partial charge in [0.25, 0.3) is 0 Å². The van der Waals surface area contributed by atoms with Crippen molar-refractivity contribution in [2.75, 3.05) is 0 Å². The smallest absolute Gasteiger partial charge is 0.306 e. The molecular weight excluding hydrogens is 817 g/mol. The SMILES string of the molecule is CCCCCCCC/C=C\CCCCCCCC(=O)O[C@@H]1CC[C@@]2(C)[C@@H](C1)C[C@H](OC(=O)CCCCCCC/C=C\CCCCCCCC)[C@@H]1[C@@H]2CC[C@]2(C)[C@@H]([C@H](C)CCC(=O)O)CC[C@@H]12. The van der Waals surface area contributed by atoms with Crippen LogP contribution < -0.4 is 0 Å². The van der Waals surface area contributed by atoms with E-state index in [1.54, 1.807) is 0 Å². The quantitative estimate of drug-likeness (QED) is 0.0382. The summed E-state index contributed by atoms with van der Waals surface area (Å²) in [5.74, 6) is 1.85. The zero-order chi connectivity index (χ0) is 47.5. The van der Waals surface area contributed by atoms with Gasteiger partial charge in [0.15, 0.2) is 0 Å². The molecule has 0 amide bonds. The number of hydrogen-bond donors (Lipinski definition) is 1. The van der Waals surface area contributed by atoms with Crippen molar-refractivity contribution in [2.45, 2.75) is 291 Å². The Balaban J connectivity index is 1.23. The first kappa shape index (κ1) is 56.5. The number of fused-ring (bicyclic) bond motifs is 5. The fraction of sp³-hybridized carbons (Fsp3) is 0.883. The summed E-state index contributed by atoms with van der Waals surface area (Å²) < 4.78 is 13.0. The molecule has 0 radical (unpaired) electrons. The topological polar surface area (TPSA) is 89.9 Å². The third-order valence-corrected chi connectivity index (χ3v) is 18.1. The fourth-order valence-electron chi connectivity index (χ4n) is 14.1. The van der Waals surface area contributed by atoms with E-state index < -0.39 is 5.97 Å². The van der Waals surface area contributed by atoms with Gasteiger partial charge in [-0.3, -0.25) is 14.4 Å². The number of aliphatic carboxylic acids is 1. The van der Waals surface area contributed by atoms with Crippen LogP contribution >= 0.6 is 0 Å². The summed E-state index contributed by atoms with van der Waals surface area (Å²) in [5, 5.41) is 9.51. The summed E-state index contributed by atoms with van der Waals surface area (Å²) in [4.78, 5) is 38.5. The van der Waals surface area contributed by atoms with Crippen LogP contribution in [0.25, 0.3) is 0 Å². The summed E-state index contributed by atoms with van der Waals surface area (Å²) in [6.45, 7) is 11.9. The Morgan fingerprint density at radius 3 is 1.52 bits per heavy atom. The number of unbranched alkanes of at least 4 members (excludes halogenated alkanes) is 22. The maximum absolute atomic E-state index is 13.8. The Hall–Kier alpha value is -2.11. The molecule has 4 aliphatic rings. The van der Waals surface area contributed by atoms with Crippen molar-refractivity contribution in [3.05, 3.63) is 24.3 Å². The minimum Gasteiger partial charge on any atom is -0.481 e. The van der Waals surface area contributed by atoms with E-state index in [0.29, 0.717) is 48.3 Å². The van der Waals surface area contributed by atoms with E-state index in [0.717, 1.165) is 77.0 Å². The molecule has 4 saturated carbocycles. The highest BCUT2D eigenvalue weighted by Gasteiger charge is 2.64. The van der Waals surface area contributed by atoms with Crippen LogP contribution in [-0.2, 0) is 23.9 Å². The second-order valence-electron chi connectivity index (χ2n) is 22.9. The second kappa shape index (κ2) is 31.9. The standard InChI is InChI=1S/C60H104O6/c1-6-8-10-12-14-16-18-20-22-24-26-28-30-32-34-36-56(63)65-50-42-44-59(4)49(46-50)47-54(58-52-40-39-51(48(3)38-41-55(61)62)60(52,5)45-43-53(58)59)66-57(64)37-35-33-31-29-27-25-23-21-19-17-15-13-11-9-7-2/h20-23,48-54,58H,6-19,24-47H2,1-5H3,(H,61,62)/b22-20-,23-21-/t48-,49+,50-,51-,52+,53+,54+,58+,59+,60-/m1/s1. The highest BCUT2D eigenvalue weighted by molar-refractivity contribution is 5.70. The van der Waals surface area contributed by atoms with Crippen LogP contribution in [0.3, 0.4) is 0 Å². The van der Waals surface area contributed by atoms with E-state index in [4.69, 9.17) is 9.47 Å². The zero-order valence-corrected chi connectivity index (χ0v) is 43.8. The van der Waals surface area contributed by atoms with Crippen LogP contribution in [0.2, 0.25) is 0 Å². The summed E-state index contributed by atoms with van der Waals surface area (Å²) in [5.41, 5.74) is 0.296. The molecule has 0 aromatic carbocycles. The van der Waals surface area contributed by atoms with Gasteiger partial charge in [-0.05, 0) is 162 Å². The maximum Gasteiger partial charge on any atom is 0.306 e. The number of carbonyl (C=O) groups is 3. The molecule has 4 rings (SSSR count). The molecule has 1 N–H and O–H groups in total. The number of carboxylic acids is 1. The third kappa shape index (κ3) is 19.0. The molecule has 66 heavy (non-hydrogen) atoms. The van der Waals surface area contributed by atoms with Gasteiger partial charge >= 0.3 is 17.9 Å². The lowest BCUT2D eigenvalue weighted by atomic mass is 9.43. The Kier molecular flexibility index (Phi) is 27.3. The highest BCUT2D eigenvalue weighted by atomic mass is 16.5. The van der Waals surface area contributed by atoms with Gasteiger partial charge in [-0.15, -0.1) is 0 Å². The first-order valence-corrected chi connectivity index (χ1v) is 28.9. The van der Waals surface area contributed by atoms with Crippen molar-refractivity contribution < 1.29 is 29.0 Å². The number of ether oxygens (including phenoxy) is 2. The molecule has 0 aromatic heterocycles. The van der Waals surface area contributed by atoms with Crippen molar-refractivity contribution >= 4 is 17.9 Å². The van der Waals surface area contributed by atoms with Crippen LogP contribution in [-0.4, -0.2) is 35.2 Å². The second-order valence-corrected chi connectivity index (χ2v) is 22.9. The van der Waals surface area contributed by atoms with Crippen LogP contribution in [0.4, 0.5) is 0 Å². The molecule has 0 aliphatic heterocycles. The molecule has 0 aromatic rings. The monoisotopic (exact) mass is 921 g/mol. The molecule has 0 spiro atoms. The van der Waals surface area contributed by atoms with Gasteiger partial charge in [0.2, 0.25) is 0 Å². The minimum absolute atomic E-state index is 0.0182. The molecule has 0 bridgehead atoms. The van der Waals surface area contributed by atoms with Crippen molar-refractivity contribution in [2.24, 2.45) is 46.3 Å². The van der Waals surface area contributed by atoms with Crippen LogP contribution in [0.1, 0.15) is 279 Å². The highest BCUT2D eigenvalue weighted by Crippen LogP contribution is 2.69. The van der Waals surface area contributed by atoms with Crippen molar-refractivity contribution in [1.29, 1.82) is 0 Å². The van der Waals surface area contributed by atoms with Crippen LogP contribution in [0.15, 0.2) is 24.3 Å². The van der Waals surface area contributed by atoms with Gasteiger partial charge in [-0.2, -0.15) is 0 Å². The van der Waals surface area contributed by atoms with Gasteiger partial charge in [0.05, 0.1) is 0 Å². The normalized spacial score (nSPS) is 28.8. The van der Waals surface area contributed by atoms with Gasteiger partial charge in [0.1, 0.15) is 12.2 Å². The summed E-state index contributed by atoms with van der Waals surface area (Å²) in [7, 11) is 0. The maximum atomic E-state index is 13.8. The molecule has 4 fully saturated rings. The number of carbonyl (C=O) groups excluding carboxylic acids is 2. The van der Waals surface area contributed by atoms with Gasteiger partial charge in [-0.25, -0.2) is 0 Å². The average molecular weight is 921 g/mol. The summed E-state index contributed by atoms with van der Waals surface area (Å²) in [6.07, 6.45) is 52.1. The van der Waals surface area contributed by atoms with Crippen molar-refractivity contribution in [3.8, 4) is 0 Å². The molecule has 4 aliphatic carbocycles. The largest absolute Gasteiger partial charge is 0.481 e. The molecule has 6 nitrogen and oxygen atoms in total. The van der Waals surface area contributed by atoms with Crippen LogP contribution in [0, 0.1) is 46.3 Å². The van der Waals surface area contributed by atoms with Gasteiger partial charge in [-0.1, -0.05) is 162 Å². The van der Waals surface area contributed by atoms with E-state index in [9.17, 15) is 19.5 Å². The third-order valence-electron chi connectivity index (χ3n) is 18.1. The first-order chi connectivity index (χ1) is 32.0. The van der Waals surface area contributed by atoms with E-state index in [-0.39, 0.29) is 41.4 Å². The van der Waals surface area contributed by atoms with E-state index in [1.807, 2.05) is 0 Å². The van der Waals surface area contributed by atoms with E-state index in [2.05, 4.69) is 58.9 Å². The number of carboxylic acid groups (broad SMARTS) is 1. The number of allylic oxidation sites excluding steroid dienone is 4. The average Bonchev–Trinajstić information content (AvgIpc) is 3.65. The van der Waals surface area contributed by atoms with Gasteiger partial charge < -0.3 is 14.6 Å². The summed E-state index contributed by atoms with van der Waals surface area (Å²) >= 11 is 0.